The average molecular weight is 361 g/mol. The molecule has 1 amide bonds. The van der Waals surface area contributed by atoms with Crippen LogP contribution in [0.25, 0.3) is 0 Å². The summed E-state index contributed by atoms with van der Waals surface area (Å²) in [7, 11) is 0. The zero-order valence-electron chi connectivity index (χ0n) is 13.0. The van der Waals surface area contributed by atoms with E-state index in [-0.39, 0.29) is 12.7 Å². The molecular formula is C17H13ClN2O5. The number of hydrazone groups is 1. The van der Waals surface area contributed by atoms with Crippen LogP contribution < -0.4 is 24.4 Å². The van der Waals surface area contributed by atoms with Crippen LogP contribution in [-0.2, 0) is 0 Å². The Morgan fingerprint density at radius 3 is 2.80 bits per heavy atom. The summed E-state index contributed by atoms with van der Waals surface area (Å²) < 4.78 is 21.4. The number of ether oxygens (including phenoxy) is 4. The van der Waals surface area contributed by atoms with Gasteiger partial charge in [-0.15, -0.1) is 0 Å². The molecule has 2 aromatic carbocycles. The maximum Gasteiger partial charge on any atom is 0.271 e. The molecule has 128 valence electrons. The van der Waals surface area contributed by atoms with Gasteiger partial charge in [-0.05, 0) is 35.9 Å². The van der Waals surface area contributed by atoms with E-state index in [0.29, 0.717) is 52.4 Å². The van der Waals surface area contributed by atoms with E-state index in [1.165, 1.54) is 6.21 Å². The standard InChI is InChI=1S/C17H13ClN2O5/c18-12-5-10(6-15-16(12)23-4-3-22-15)8-19-20-17(21)11-1-2-13-14(7-11)25-9-24-13/h1-2,5-8H,3-4,9H2,(H,20,21)/b19-8-. The molecule has 0 saturated heterocycles. The van der Waals surface area contributed by atoms with E-state index in [0.717, 1.165) is 0 Å². The van der Waals surface area contributed by atoms with Gasteiger partial charge in [0.2, 0.25) is 6.79 Å². The molecule has 2 aliphatic heterocycles. The van der Waals surface area contributed by atoms with E-state index in [4.69, 9.17) is 30.5 Å². The molecule has 4 rings (SSSR count). The molecule has 2 aromatic rings. The molecule has 0 unspecified atom stereocenters. The summed E-state index contributed by atoms with van der Waals surface area (Å²) in [6.07, 6.45) is 1.48. The second-order valence-electron chi connectivity index (χ2n) is 5.29. The second kappa shape index (κ2) is 6.52. The lowest BCUT2D eigenvalue weighted by atomic mass is 10.2. The van der Waals surface area contributed by atoms with Crippen LogP contribution in [0.3, 0.4) is 0 Å². The third-order valence-electron chi connectivity index (χ3n) is 3.63. The molecule has 0 bridgehead atoms. The summed E-state index contributed by atoms with van der Waals surface area (Å²) in [4.78, 5) is 12.1. The maximum absolute atomic E-state index is 12.1. The van der Waals surface area contributed by atoms with E-state index < -0.39 is 0 Å². The van der Waals surface area contributed by atoms with E-state index in [1.807, 2.05) is 0 Å². The topological polar surface area (TPSA) is 78.4 Å². The molecular weight excluding hydrogens is 348 g/mol. The molecule has 0 aliphatic carbocycles. The molecule has 7 nitrogen and oxygen atoms in total. The fraction of sp³-hybridized carbons (Fsp3) is 0.176. The number of fused-ring (bicyclic) bond motifs is 2. The number of amides is 1. The van der Waals surface area contributed by atoms with Gasteiger partial charge in [0.1, 0.15) is 13.2 Å². The first-order chi connectivity index (χ1) is 12.2. The molecule has 0 radical (unpaired) electrons. The van der Waals surface area contributed by atoms with Crippen LogP contribution in [0.4, 0.5) is 0 Å². The summed E-state index contributed by atoms with van der Waals surface area (Å²) in [5.41, 5.74) is 3.56. The fourth-order valence-electron chi connectivity index (χ4n) is 2.47. The minimum atomic E-state index is -0.363. The normalized spacial score (nSPS) is 14.6. The predicted octanol–water partition coefficient (Wildman–Crippen LogP) is 2.60. The predicted molar refractivity (Wildman–Crippen MR) is 90.1 cm³/mol. The fourth-order valence-corrected chi connectivity index (χ4v) is 2.75. The van der Waals surface area contributed by atoms with Crippen molar-refractivity contribution < 1.29 is 23.7 Å². The van der Waals surface area contributed by atoms with Gasteiger partial charge in [-0.3, -0.25) is 4.79 Å². The number of nitrogens with zero attached hydrogens (tertiary/aromatic N) is 1. The molecule has 1 N–H and O–H groups in total. The molecule has 2 aliphatic rings. The Morgan fingerprint density at radius 1 is 1.04 bits per heavy atom. The van der Waals surface area contributed by atoms with Gasteiger partial charge >= 0.3 is 0 Å². The Morgan fingerprint density at radius 2 is 1.88 bits per heavy atom. The Hall–Kier alpha value is -2.93. The van der Waals surface area contributed by atoms with Crippen LogP contribution in [0.1, 0.15) is 15.9 Å². The van der Waals surface area contributed by atoms with Gasteiger partial charge in [0.25, 0.3) is 5.91 Å². The zero-order valence-corrected chi connectivity index (χ0v) is 13.7. The van der Waals surface area contributed by atoms with Crippen LogP contribution >= 0.6 is 11.6 Å². The van der Waals surface area contributed by atoms with E-state index >= 15 is 0 Å². The number of hydrogen-bond donors (Lipinski definition) is 1. The van der Waals surface area contributed by atoms with E-state index in [1.54, 1.807) is 30.3 Å². The lowest BCUT2D eigenvalue weighted by Gasteiger charge is -2.19. The molecule has 0 aromatic heterocycles. The number of nitrogens with one attached hydrogen (secondary N) is 1. The van der Waals surface area contributed by atoms with Gasteiger partial charge in [0.05, 0.1) is 11.2 Å². The van der Waals surface area contributed by atoms with E-state index in [9.17, 15) is 4.79 Å². The molecule has 2 heterocycles. The molecule has 0 saturated carbocycles. The summed E-state index contributed by atoms with van der Waals surface area (Å²) in [5.74, 6) is 1.87. The van der Waals surface area contributed by atoms with E-state index in [2.05, 4.69) is 10.5 Å². The largest absolute Gasteiger partial charge is 0.486 e. The molecule has 0 spiro atoms. The minimum Gasteiger partial charge on any atom is -0.486 e. The van der Waals surface area contributed by atoms with Crippen LogP contribution in [0.2, 0.25) is 5.02 Å². The van der Waals surface area contributed by atoms with Crippen molar-refractivity contribution in [1.82, 2.24) is 5.43 Å². The first kappa shape index (κ1) is 15.6. The van der Waals surface area contributed by atoms with Crippen molar-refractivity contribution >= 4 is 23.7 Å². The quantitative estimate of drug-likeness (QED) is 0.672. The zero-order chi connectivity index (χ0) is 17.2. The highest BCUT2D eigenvalue weighted by atomic mass is 35.5. The Kier molecular flexibility index (Phi) is 4.07. The van der Waals surface area contributed by atoms with Crippen molar-refractivity contribution in [3.8, 4) is 23.0 Å². The molecule has 0 fully saturated rings. The maximum atomic E-state index is 12.1. The smallest absolute Gasteiger partial charge is 0.271 e. The van der Waals surface area contributed by atoms with Crippen molar-refractivity contribution in [1.29, 1.82) is 0 Å². The van der Waals surface area contributed by atoms with Crippen LogP contribution in [0.5, 0.6) is 23.0 Å². The molecule has 25 heavy (non-hydrogen) atoms. The van der Waals surface area contributed by atoms with Gasteiger partial charge in [-0.2, -0.15) is 5.10 Å². The number of hydrogen-bond acceptors (Lipinski definition) is 6. The number of carbonyl (C=O) groups excluding carboxylic acids is 1. The van der Waals surface area contributed by atoms with Gasteiger partial charge < -0.3 is 18.9 Å². The van der Waals surface area contributed by atoms with Gasteiger partial charge in [-0.25, -0.2) is 5.43 Å². The summed E-state index contributed by atoms with van der Waals surface area (Å²) >= 11 is 6.16. The Balaban J connectivity index is 1.46. The van der Waals surface area contributed by atoms with Crippen LogP contribution in [0, 0.1) is 0 Å². The third kappa shape index (κ3) is 3.18. The van der Waals surface area contributed by atoms with Crippen molar-refractivity contribution in [3.63, 3.8) is 0 Å². The Labute approximate surface area is 148 Å². The lowest BCUT2D eigenvalue weighted by molar-refractivity contribution is 0.0954. The highest BCUT2D eigenvalue weighted by Crippen LogP contribution is 2.38. The molecule has 0 atom stereocenters. The van der Waals surface area contributed by atoms with Crippen molar-refractivity contribution in [2.24, 2.45) is 5.10 Å². The number of halogens is 1. The third-order valence-corrected chi connectivity index (χ3v) is 3.91. The number of benzene rings is 2. The number of carbonyl (C=O) groups is 1. The monoisotopic (exact) mass is 360 g/mol. The van der Waals surface area contributed by atoms with Crippen molar-refractivity contribution in [2.75, 3.05) is 20.0 Å². The molecule has 8 heteroatoms. The number of rotatable bonds is 3. The first-order valence-electron chi connectivity index (χ1n) is 7.53. The first-order valence-corrected chi connectivity index (χ1v) is 7.91. The van der Waals surface area contributed by atoms with Gasteiger partial charge in [0.15, 0.2) is 23.0 Å². The summed E-state index contributed by atoms with van der Waals surface area (Å²) in [6, 6.07) is 8.36. The highest BCUT2D eigenvalue weighted by Gasteiger charge is 2.17. The summed E-state index contributed by atoms with van der Waals surface area (Å²) in [6.45, 7) is 1.08. The van der Waals surface area contributed by atoms with Gasteiger partial charge in [0, 0.05) is 5.56 Å². The average Bonchev–Trinajstić information content (AvgIpc) is 3.09. The minimum absolute atomic E-state index is 0.156. The second-order valence-corrected chi connectivity index (χ2v) is 5.70. The van der Waals surface area contributed by atoms with Gasteiger partial charge in [-0.1, -0.05) is 11.6 Å². The van der Waals surface area contributed by atoms with Crippen LogP contribution in [-0.4, -0.2) is 32.1 Å². The Bertz CT molecular complexity index is 868. The van der Waals surface area contributed by atoms with Crippen molar-refractivity contribution in [2.45, 2.75) is 0 Å². The highest BCUT2D eigenvalue weighted by molar-refractivity contribution is 6.32. The summed E-state index contributed by atoms with van der Waals surface area (Å²) in [5, 5.41) is 4.38. The SMILES string of the molecule is O=C(N/N=C\c1cc(Cl)c2c(c1)OCCO2)c1ccc2c(c1)OCO2. The van der Waals surface area contributed by atoms with Crippen molar-refractivity contribution in [3.05, 3.63) is 46.5 Å². The van der Waals surface area contributed by atoms with Crippen LogP contribution in [0.15, 0.2) is 35.4 Å². The lowest BCUT2D eigenvalue weighted by Crippen LogP contribution is -2.18.